The molecule has 3 aromatic rings. The van der Waals surface area contributed by atoms with Crippen molar-refractivity contribution in [3.05, 3.63) is 59.2 Å². The first-order valence-electron chi connectivity index (χ1n) is 8.69. The van der Waals surface area contributed by atoms with E-state index in [9.17, 15) is 9.59 Å². The highest BCUT2D eigenvalue weighted by Gasteiger charge is 2.32. The predicted octanol–water partition coefficient (Wildman–Crippen LogP) is 3.37. The molecule has 0 saturated heterocycles. The number of carbonyl (C=O) groups is 2. The molecular weight excluding hydrogens is 366 g/mol. The standard InChI is InChI=1S/C20H18ClN3O3/c1-2-24-17-5-3-4-6-18(17)27-11-16(20(24)26)23-19(25)15-10-12-9-13(21)7-8-14(12)22-15/h3-10,16,22H,2,11H2,1H3,(H,23,25)/t16-/m0/s1. The maximum Gasteiger partial charge on any atom is 0.268 e. The van der Waals surface area contributed by atoms with Crippen LogP contribution in [0, 0.1) is 0 Å². The van der Waals surface area contributed by atoms with Crippen LogP contribution in [0.4, 0.5) is 5.69 Å². The fraction of sp³-hybridized carbons (Fsp3) is 0.200. The summed E-state index contributed by atoms with van der Waals surface area (Å²) in [6, 6.07) is 13.6. The molecule has 2 aromatic carbocycles. The van der Waals surface area contributed by atoms with Gasteiger partial charge in [0.25, 0.3) is 11.8 Å². The maximum absolute atomic E-state index is 12.9. The number of nitrogens with zero attached hydrogens (tertiary/aromatic N) is 1. The van der Waals surface area contributed by atoms with Crippen LogP contribution in [0.1, 0.15) is 17.4 Å². The fourth-order valence-corrected chi connectivity index (χ4v) is 3.43. The molecule has 6 nitrogen and oxygen atoms in total. The highest BCUT2D eigenvalue weighted by molar-refractivity contribution is 6.31. The Labute approximate surface area is 161 Å². The molecule has 4 rings (SSSR count). The van der Waals surface area contributed by atoms with Crippen LogP contribution in [0.3, 0.4) is 0 Å². The van der Waals surface area contributed by atoms with Gasteiger partial charge in [0.2, 0.25) is 0 Å². The van der Waals surface area contributed by atoms with Crippen molar-refractivity contribution in [2.75, 3.05) is 18.1 Å². The van der Waals surface area contributed by atoms with Crippen LogP contribution in [-0.4, -0.2) is 36.0 Å². The van der Waals surface area contributed by atoms with Gasteiger partial charge in [0.05, 0.1) is 5.69 Å². The highest BCUT2D eigenvalue weighted by Crippen LogP contribution is 2.31. The molecule has 138 valence electrons. The van der Waals surface area contributed by atoms with Gasteiger partial charge in [-0.1, -0.05) is 23.7 Å². The summed E-state index contributed by atoms with van der Waals surface area (Å²) in [7, 11) is 0. The maximum atomic E-state index is 12.9. The van der Waals surface area contributed by atoms with E-state index in [1.54, 1.807) is 23.1 Å². The molecule has 2 amide bonds. The second-order valence-electron chi connectivity index (χ2n) is 6.30. The number of para-hydroxylation sites is 2. The molecule has 0 radical (unpaired) electrons. The number of ether oxygens (including phenoxy) is 1. The zero-order chi connectivity index (χ0) is 19.0. The van der Waals surface area contributed by atoms with Crippen molar-refractivity contribution in [3.8, 4) is 5.75 Å². The molecule has 27 heavy (non-hydrogen) atoms. The molecule has 0 spiro atoms. The van der Waals surface area contributed by atoms with Crippen LogP contribution in [0.25, 0.3) is 10.9 Å². The van der Waals surface area contributed by atoms with E-state index in [1.165, 1.54) is 0 Å². The van der Waals surface area contributed by atoms with Crippen molar-refractivity contribution in [1.29, 1.82) is 0 Å². The van der Waals surface area contributed by atoms with Gasteiger partial charge in [-0.05, 0) is 43.3 Å². The molecule has 1 aromatic heterocycles. The zero-order valence-electron chi connectivity index (χ0n) is 14.7. The van der Waals surface area contributed by atoms with Crippen LogP contribution < -0.4 is 15.0 Å². The molecule has 0 aliphatic carbocycles. The molecular formula is C20H18ClN3O3. The first-order valence-corrected chi connectivity index (χ1v) is 9.07. The van der Waals surface area contributed by atoms with Gasteiger partial charge in [0.1, 0.15) is 24.1 Å². The number of aromatic amines is 1. The normalized spacial score (nSPS) is 16.6. The average molecular weight is 384 g/mol. The molecule has 7 heteroatoms. The van der Waals surface area contributed by atoms with Gasteiger partial charge in [-0.25, -0.2) is 0 Å². The van der Waals surface area contributed by atoms with Gasteiger partial charge in [0.15, 0.2) is 0 Å². The average Bonchev–Trinajstić information content (AvgIpc) is 3.04. The molecule has 0 bridgehead atoms. The Morgan fingerprint density at radius 1 is 1.30 bits per heavy atom. The summed E-state index contributed by atoms with van der Waals surface area (Å²) in [5.74, 6) is 0.0611. The van der Waals surface area contributed by atoms with Gasteiger partial charge >= 0.3 is 0 Å². The second kappa shape index (κ2) is 6.96. The molecule has 2 N–H and O–H groups in total. The minimum Gasteiger partial charge on any atom is -0.489 e. The number of aromatic nitrogens is 1. The lowest BCUT2D eigenvalue weighted by atomic mass is 10.2. The van der Waals surface area contributed by atoms with E-state index in [-0.39, 0.29) is 18.4 Å². The monoisotopic (exact) mass is 383 g/mol. The number of hydrogen-bond acceptors (Lipinski definition) is 3. The van der Waals surface area contributed by atoms with E-state index in [1.807, 2.05) is 37.3 Å². The Bertz CT molecular complexity index is 1030. The summed E-state index contributed by atoms with van der Waals surface area (Å²) in [5, 5.41) is 4.21. The van der Waals surface area contributed by atoms with Crippen LogP contribution >= 0.6 is 11.6 Å². The largest absolute Gasteiger partial charge is 0.489 e. The van der Waals surface area contributed by atoms with Gasteiger partial charge < -0.3 is 19.9 Å². The number of anilines is 1. The molecule has 0 fully saturated rings. The first-order chi connectivity index (χ1) is 13.1. The highest BCUT2D eigenvalue weighted by atomic mass is 35.5. The summed E-state index contributed by atoms with van der Waals surface area (Å²) in [6.07, 6.45) is 0. The quantitative estimate of drug-likeness (QED) is 0.728. The van der Waals surface area contributed by atoms with E-state index in [0.29, 0.717) is 28.7 Å². The lowest BCUT2D eigenvalue weighted by molar-refractivity contribution is -0.120. The van der Waals surface area contributed by atoms with Gasteiger partial charge in [0, 0.05) is 22.5 Å². The van der Waals surface area contributed by atoms with E-state index >= 15 is 0 Å². The Morgan fingerprint density at radius 2 is 2.11 bits per heavy atom. The van der Waals surface area contributed by atoms with E-state index in [2.05, 4.69) is 10.3 Å². The van der Waals surface area contributed by atoms with Crippen LogP contribution in [0.5, 0.6) is 5.75 Å². The summed E-state index contributed by atoms with van der Waals surface area (Å²) < 4.78 is 5.77. The lowest BCUT2D eigenvalue weighted by Crippen LogP contribution is -2.50. The van der Waals surface area contributed by atoms with Crippen molar-refractivity contribution in [2.24, 2.45) is 0 Å². The van der Waals surface area contributed by atoms with E-state index < -0.39 is 6.04 Å². The lowest BCUT2D eigenvalue weighted by Gasteiger charge is -2.23. The van der Waals surface area contributed by atoms with Crippen molar-refractivity contribution in [3.63, 3.8) is 0 Å². The Hall–Kier alpha value is -2.99. The minimum atomic E-state index is -0.778. The molecule has 1 aliphatic heterocycles. The smallest absolute Gasteiger partial charge is 0.268 e. The van der Waals surface area contributed by atoms with Gasteiger partial charge in [-0.15, -0.1) is 0 Å². The molecule has 1 atom stereocenters. The van der Waals surface area contributed by atoms with Crippen molar-refractivity contribution >= 4 is 40.0 Å². The number of rotatable bonds is 3. The number of halogens is 1. The first kappa shape index (κ1) is 17.4. The number of likely N-dealkylation sites (N-methyl/N-ethyl adjacent to an activating group) is 1. The van der Waals surface area contributed by atoms with E-state index in [4.69, 9.17) is 16.3 Å². The molecule has 2 heterocycles. The second-order valence-corrected chi connectivity index (χ2v) is 6.74. The minimum absolute atomic E-state index is 0.0736. The fourth-order valence-electron chi connectivity index (χ4n) is 3.24. The molecule has 0 saturated carbocycles. The number of fused-ring (bicyclic) bond motifs is 2. The molecule has 1 aliphatic rings. The van der Waals surface area contributed by atoms with Crippen LogP contribution in [-0.2, 0) is 4.79 Å². The van der Waals surface area contributed by atoms with Gasteiger partial charge in [-0.3, -0.25) is 9.59 Å². The molecule has 0 unspecified atom stereocenters. The van der Waals surface area contributed by atoms with Crippen molar-refractivity contribution in [2.45, 2.75) is 13.0 Å². The van der Waals surface area contributed by atoms with E-state index in [0.717, 1.165) is 10.9 Å². The number of carbonyl (C=O) groups excluding carboxylic acids is 2. The summed E-state index contributed by atoms with van der Waals surface area (Å²) in [5.41, 5.74) is 1.88. The predicted molar refractivity (Wildman–Crippen MR) is 105 cm³/mol. The zero-order valence-corrected chi connectivity index (χ0v) is 15.4. The van der Waals surface area contributed by atoms with Crippen LogP contribution in [0.2, 0.25) is 5.02 Å². The third-order valence-electron chi connectivity index (χ3n) is 4.57. The summed E-state index contributed by atoms with van der Waals surface area (Å²) in [6.45, 7) is 2.45. The summed E-state index contributed by atoms with van der Waals surface area (Å²) in [4.78, 5) is 30.3. The number of hydrogen-bond donors (Lipinski definition) is 2. The van der Waals surface area contributed by atoms with Crippen molar-refractivity contribution in [1.82, 2.24) is 10.3 Å². The third-order valence-corrected chi connectivity index (χ3v) is 4.81. The number of nitrogens with one attached hydrogen (secondary N) is 2. The number of amides is 2. The number of benzene rings is 2. The van der Waals surface area contributed by atoms with Crippen molar-refractivity contribution < 1.29 is 14.3 Å². The topological polar surface area (TPSA) is 74.4 Å². The SMILES string of the molecule is CCN1C(=O)[C@@H](NC(=O)c2cc3cc(Cl)ccc3[nH]2)COc2ccccc21. The Morgan fingerprint density at radius 3 is 2.93 bits per heavy atom. The number of H-pyrrole nitrogens is 1. The Kier molecular flexibility index (Phi) is 4.49. The summed E-state index contributed by atoms with van der Waals surface area (Å²) >= 11 is 6.00. The van der Waals surface area contributed by atoms with Gasteiger partial charge in [-0.2, -0.15) is 0 Å². The van der Waals surface area contributed by atoms with Crippen LogP contribution in [0.15, 0.2) is 48.5 Å². The Balaban J connectivity index is 1.58. The third kappa shape index (κ3) is 3.24.